The van der Waals surface area contributed by atoms with Gasteiger partial charge in [0.15, 0.2) is 5.69 Å². The number of ether oxygens (including phenoxy) is 1. The Hall–Kier alpha value is -3.35. The van der Waals surface area contributed by atoms with Crippen LogP contribution in [0.2, 0.25) is 0 Å². The molecule has 3 aromatic rings. The lowest BCUT2D eigenvalue weighted by Gasteiger charge is -2.10. The van der Waals surface area contributed by atoms with Crippen LogP contribution in [0, 0.1) is 0 Å². The van der Waals surface area contributed by atoms with Crippen molar-refractivity contribution < 1.29 is 14.3 Å². The molecule has 0 bridgehead atoms. The van der Waals surface area contributed by atoms with Gasteiger partial charge in [-0.2, -0.15) is 0 Å². The Morgan fingerprint density at radius 3 is 2.71 bits per heavy atom. The predicted molar refractivity (Wildman–Crippen MR) is 106 cm³/mol. The molecule has 1 aliphatic carbocycles. The van der Waals surface area contributed by atoms with Crippen molar-refractivity contribution in [1.29, 1.82) is 0 Å². The van der Waals surface area contributed by atoms with Gasteiger partial charge >= 0.3 is 0 Å². The maximum Gasteiger partial charge on any atom is 0.287 e. The number of benzene rings is 1. The van der Waals surface area contributed by atoms with E-state index in [0.717, 1.165) is 25.7 Å². The third-order valence-corrected chi connectivity index (χ3v) is 4.98. The van der Waals surface area contributed by atoms with Crippen molar-refractivity contribution in [3.63, 3.8) is 0 Å². The number of nitrogens with zero attached hydrogens (tertiary/aromatic N) is 2. The normalized spacial score (nSPS) is 14.2. The van der Waals surface area contributed by atoms with Crippen LogP contribution in [0.5, 0.6) is 5.75 Å². The molecule has 28 heavy (non-hydrogen) atoms. The number of hydrogen-bond donors (Lipinski definition) is 2. The molecule has 1 aromatic carbocycles. The fourth-order valence-electron chi connectivity index (χ4n) is 3.58. The van der Waals surface area contributed by atoms with Crippen molar-refractivity contribution in [2.24, 2.45) is 0 Å². The van der Waals surface area contributed by atoms with Crippen LogP contribution in [-0.2, 0) is 0 Å². The number of rotatable bonds is 5. The zero-order valence-electron chi connectivity index (χ0n) is 15.6. The van der Waals surface area contributed by atoms with Crippen molar-refractivity contribution in [2.75, 3.05) is 12.4 Å². The maximum absolute atomic E-state index is 12.8. The van der Waals surface area contributed by atoms with E-state index in [9.17, 15) is 9.59 Å². The Morgan fingerprint density at radius 2 is 1.93 bits per heavy atom. The summed E-state index contributed by atoms with van der Waals surface area (Å²) in [5.74, 6) is 0.229. The lowest BCUT2D eigenvalue weighted by Crippen LogP contribution is -2.33. The lowest BCUT2D eigenvalue weighted by molar-refractivity contribution is 0.0926. The summed E-state index contributed by atoms with van der Waals surface area (Å²) in [4.78, 5) is 30.0. The summed E-state index contributed by atoms with van der Waals surface area (Å²) in [6.07, 6.45) is 5.97. The first-order valence-electron chi connectivity index (χ1n) is 9.39. The molecule has 1 fully saturated rings. The second-order valence-electron chi connectivity index (χ2n) is 6.88. The van der Waals surface area contributed by atoms with Gasteiger partial charge < -0.3 is 15.4 Å². The predicted octanol–water partition coefficient (Wildman–Crippen LogP) is 3.27. The maximum atomic E-state index is 12.8. The number of nitrogens with one attached hydrogen (secondary N) is 2. The second kappa shape index (κ2) is 7.72. The van der Waals surface area contributed by atoms with Gasteiger partial charge in [-0.25, -0.2) is 4.98 Å². The van der Waals surface area contributed by atoms with Crippen LogP contribution in [0.1, 0.15) is 46.8 Å². The van der Waals surface area contributed by atoms with Gasteiger partial charge in [0.25, 0.3) is 11.8 Å². The molecule has 1 aliphatic rings. The third-order valence-electron chi connectivity index (χ3n) is 4.98. The summed E-state index contributed by atoms with van der Waals surface area (Å²) >= 11 is 0. The quantitative estimate of drug-likeness (QED) is 0.714. The summed E-state index contributed by atoms with van der Waals surface area (Å²) < 4.78 is 6.84. The van der Waals surface area contributed by atoms with E-state index in [2.05, 4.69) is 15.6 Å². The fourth-order valence-corrected chi connectivity index (χ4v) is 3.58. The number of anilines is 1. The third kappa shape index (κ3) is 3.55. The molecule has 4 rings (SSSR count). The molecule has 0 radical (unpaired) electrons. The molecule has 0 aliphatic heterocycles. The van der Waals surface area contributed by atoms with E-state index in [1.807, 2.05) is 12.1 Å². The molecular weight excluding hydrogens is 356 g/mol. The number of pyridine rings is 1. The Kier molecular flexibility index (Phi) is 4.97. The van der Waals surface area contributed by atoms with Crippen LogP contribution in [0.15, 0.2) is 48.7 Å². The first kappa shape index (κ1) is 18.0. The summed E-state index contributed by atoms with van der Waals surface area (Å²) in [6, 6.07) is 12.7. The highest BCUT2D eigenvalue weighted by atomic mass is 16.5. The number of methoxy groups -OCH3 is 1. The molecule has 2 N–H and O–H groups in total. The highest BCUT2D eigenvalue weighted by molar-refractivity contribution is 6.09. The Bertz CT molecular complexity index is 1020. The molecule has 144 valence electrons. The van der Waals surface area contributed by atoms with E-state index < -0.39 is 0 Å². The molecule has 0 saturated heterocycles. The van der Waals surface area contributed by atoms with Gasteiger partial charge in [-0.15, -0.1) is 0 Å². The van der Waals surface area contributed by atoms with Crippen molar-refractivity contribution in [2.45, 2.75) is 31.7 Å². The molecule has 0 unspecified atom stereocenters. The summed E-state index contributed by atoms with van der Waals surface area (Å²) in [5.41, 5.74) is 1.39. The van der Waals surface area contributed by atoms with Gasteiger partial charge in [0.1, 0.15) is 5.75 Å². The molecular formula is C21H22N4O3. The number of carbonyl (C=O) groups is 2. The van der Waals surface area contributed by atoms with E-state index in [1.54, 1.807) is 48.0 Å². The van der Waals surface area contributed by atoms with Gasteiger partial charge in [0.05, 0.1) is 12.6 Å². The number of amides is 2. The minimum Gasteiger partial charge on any atom is -0.497 e. The zero-order chi connectivity index (χ0) is 19.5. The number of imidazole rings is 1. The summed E-state index contributed by atoms with van der Waals surface area (Å²) in [7, 11) is 1.57. The monoisotopic (exact) mass is 378 g/mol. The second-order valence-corrected chi connectivity index (χ2v) is 6.88. The summed E-state index contributed by atoms with van der Waals surface area (Å²) in [6.45, 7) is 0. The molecule has 1 saturated carbocycles. The molecule has 0 atom stereocenters. The van der Waals surface area contributed by atoms with Crippen molar-refractivity contribution in [3.05, 3.63) is 60.2 Å². The van der Waals surface area contributed by atoms with Crippen LogP contribution in [0.4, 0.5) is 5.69 Å². The molecule has 2 aromatic heterocycles. The molecule has 7 heteroatoms. The highest BCUT2D eigenvalue weighted by Crippen LogP contribution is 2.21. The van der Waals surface area contributed by atoms with Crippen molar-refractivity contribution in [1.82, 2.24) is 14.7 Å². The zero-order valence-corrected chi connectivity index (χ0v) is 15.6. The van der Waals surface area contributed by atoms with E-state index >= 15 is 0 Å². The van der Waals surface area contributed by atoms with Gasteiger partial charge in [-0.05, 0) is 37.1 Å². The van der Waals surface area contributed by atoms with Gasteiger partial charge in [-0.1, -0.05) is 25.0 Å². The van der Waals surface area contributed by atoms with Crippen molar-refractivity contribution in [3.8, 4) is 5.75 Å². The smallest absolute Gasteiger partial charge is 0.287 e. The molecule has 2 heterocycles. The van der Waals surface area contributed by atoms with Gasteiger partial charge in [-0.3, -0.25) is 14.0 Å². The van der Waals surface area contributed by atoms with E-state index in [-0.39, 0.29) is 29.4 Å². The topological polar surface area (TPSA) is 84.7 Å². The average Bonchev–Trinajstić information content (AvgIpc) is 3.35. The number of fused-ring (bicyclic) bond motifs is 1. The molecule has 0 spiro atoms. The van der Waals surface area contributed by atoms with Crippen LogP contribution < -0.4 is 15.4 Å². The number of hydrogen-bond acceptors (Lipinski definition) is 4. The first-order chi connectivity index (χ1) is 13.7. The standard InChI is InChI=1S/C21H22N4O3/c1-28-16-10-6-9-15(13-16)23-20(26)18-17-11-4-5-12-25(17)19(24-18)21(27)22-14-7-2-3-8-14/h4-6,9-14H,2-3,7-8H2,1H3,(H,22,27)(H,23,26). The summed E-state index contributed by atoms with van der Waals surface area (Å²) in [5, 5.41) is 5.86. The lowest BCUT2D eigenvalue weighted by atomic mass is 10.2. The SMILES string of the molecule is COc1cccc(NC(=O)c2nc(C(=O)NC3CCCC3)n3ccccc23)c1. The molecule has 7 nitrogen and oxygen atoms in total. The first-order valence-corrected chi connectivity index (χ1v) is 9.39. The Morgan fingerprint density at radius 1 is 1.11 bits per heavy atom. The van der Waals surface area contributed by atoms with Crippen molar-refractivity contribution >= 4 is 23.0 Å². The minimum absolute atomic E-state index is 0.178. The van der Waals surface area contributed by atoms with Crippen LogP contribution >= 0.6 is 0 Å². The van der Waals surface area contributed by atoms with E-state index in [1.165, 1.54) is 0 Å². The van der Waals surface area contributed by atoms with Gasteiger partial charge in [0, 0.05) is 24.0 Å². The number of carbonyl (C=O) groups excluding carboxylic acids is 2. The van der Waals surface area contributed by atoms with Crippen LogP contribution in [0.3, 0.4) is 0 Å². The Labute approximate surface area is 162 Å². The van der Waals surface area contributed by atoms with Crippen LogP contribution in [0.25, 0.3) is 5.52 Å². The number of aromatic nitrogens is 2. The average molecular weight is 378 g/mol. The largest absolute Gasteiger partial charge is 0.497 e. The fraction of sp³-hybridized carbons (Fsp3) is 0.286. The van der Waals surface area contributed by atoms with Crippen LogP contribution in [-0.4, -0.2) is 34.4 Å². The highest BCUT2D eigenvalue weighted by Gasteiger charge is 2.24. The Balaban J connectivity index is 1.63. The molecule has 2 amide bonds. The minimum atomic E-state index is -0.378. The van der Waals surface area contributed by atoms with Gasteiger partial charge in [0.2, 0.25) is 5.82 Å². The van der Waals surface area contributed by atoms with E-state index in [0.29, 0.717) is 17.0 Å². The van der Waals surface area contributed by atoms with E-state index in [4.69, 9.17) is 4.74 Å².